The van der Waals surface area contributed by atoms with Gasteiger partial charge in [0, 0.05) is 19.3 Å². The van der Waals surface area contributed by atoms with E-state index >= 15 is 0 Å². The van der Waals surface area contributed by atoms with Crippen molar-refractivity contribution < 1.29 is 28.6 Å². The van der Waals surface area contributed by atoms with Crippen molar-refractivity contribution in [2.45, 2.75) is 393 Å². The first-order valence-corrected chi connectivity index (χ1v) is 36.3. The minimum Gasteiger partial charge on any atom is -0.462 e. The number of ether oxygens (including phenoxy) is 3. The molecule has 478 valence electrons. The van der Waals surface area contributed by atoms with Gasteiger partial charge in [-0.1, -0.05) is 338 Å². The fourth-order valence-corrected chi connectivity index (χ4v) is 10.8. The van der Waals surface area contributed by atoms with Gasteiger partial charge in [-0.3, -0.25) is 14.4 Å². The molecule has 0 saturated heterocycles. The number of allylic oxidation sites excluding steroid dienone is 10. The van der Waals surface area contributed by atoms with Crippen molar-refractivity contribution in [3.8, 4) is 0 Å². The van der Waals surface area contributed by atoms with Gasteiger partial charge in [0.2, 0.25) is 0 Å². The van der Waals surface area contributed by atoms with Crippen LogP contribution in [0.25, 0.3) is 0 Å². The maximum Gasteiger partial charge on any atom is 0.306 e. The molecule has 0 bridgehead atoms. The third kappa shape index (κ3) is 67.9. The van der Waals surface area contributed by atoms with E-state index in [-0.39, 0.29) is 31.1 Å². The Kier molecular flexibility index (Phi) is 68.1. The number of carbonyl (C=O) groups excluding carboxylic acids is 3. The van der Waals surface area contributed by atoms with Crippen LogP contribution in [0, 0.1) is 0 Å². The molecule has 0 aromatic rings. The predicted molar refractivity (Wildman–Crippen MR) is 358 cm³/mol. The van der Waals surface area contributed by atoms with Crippen LogP contribution in [0.3, 0.4) is 0 Å². The highest BCUT2D eigenvalue weighted by atomic mass is 16.6. The average molecular weight is 1150 g/mol. The van der Waals surface area contributed by atoms with Gasteiger partial charge in [0.25, 0.3) is 0 Å². The van der Waals surface area contributed by atoms with Gasteiger partial charge >= 0.3 is 17.9 Å². The van der Waals surface area contributed by atoms with Crippen LogP contribution >= 0.6 is 0 Å². The summed E-state index contributed by atoms with van der Waals surface area (Å²) < 4.78 is 17.0. The Balaban J connectivity index is 4.20. The second kappa shape index (κ2) is 70.6. The molecule has 0 saturated carbocycles. The van der Waals surface area contributed by atoms with E-state index in [0.29, 0.717) is 19.3 Å². The minimum absolute atomic E-state index is 0.0744. The van der Waals surface area contributed by atoms with Gasteiger partial charge in [-0.05, 0) is 89.9 Å². The van der Waals surface area contributed by atoms with E-state index in [1.165, 1.54) is 263 Å². The van der Waals surface area contributed by atoms with E-state index in [2.05, 4.69) is 81.5 Å². The molecule has 0 N–H and O–H groups in total. The quantitative estimate of drug-likeness (QED) is 0.0261. The minimum atomic E-state index is -0.780. The SMILES string of the molecule is CCCCC/C=C\C/C=C\C/C=C\CCCCCCCCC(=O)OC(COC(=O)CCCCCCCCCCCCCCCC)COC(=O)CCCCCCCCCCCCCCCCCCCCC/C=C\C/C=C\CCCCCCC. The van der Waals surface area contributed by atoms with Crippen LogP contribution in [-0.4, -0.2) is 37.2 Å². The summed E-state index contributed by atoms with van der Waals surface area (Å²) in [6.45, 7) is 6.65. The lowest BCUT2D eigenvalue weighted by molar-refractivity contribution is -0.167. The number of hydrogen-bond donors (Lipinski definition) is 0. The maximum atomic E-state index is 12.9. The first-order chi connectivity index (χ1) is 40.5. The van der Waals surface area contributed by atoms with Gasteiger partial charge in [-0.2, -0.15) is 0 Å². The lowest BCUT2D eigenvalue weighted by atomic mass is 10.0. The number of unbranched alkanes of at least 4 members (excludes halogenated alkanes) is 46. The molecule has 1 unspecified atom stereocenters. The molecule has 0 aliphatic heterocycles. The second-order valence-corrected chi connectivity index (χ2v) is 24.5. The van der Waals surface area contributed by atoms with Gasteiger partial charge in [-0.25, -0.2) is 0 Å². The zero-order valence-corrected chi connectivity index (χ0v) is 55.0. The van der Waals surface area contributed by atoms with Gasteiger partial charge in [-0.15, -0.1) is 0 Å². The van der Waals surface area contributed by atoms with E-state index in [4.69, 9.17) is 14.2 Å². The predicted octanol–water partition coefficient (Wildman–Crippen LogP) is 25.1. The van der Waals surface area contributed by atoms with Crippen molar-refractivity contribution in [1.29, 1.82) is 0 Å². The number of carbonyl (C=O) groups is 3. The molecule has 0 rings (SSSR count). The van der Waals surface area contributed by atoms with E-state index in [1.807, 2.05) is 0 Å². The third-order valence-corrected chi connectivity index (χ3v) is 16.2. The van der Waals surface area contributed by atoms with Crippen LogP contribution in [0.2, 0.25) is 0 Å². The summed E-state index contributed by atoms with van der Waals surface area (Å²) in [5.41, 5.74) is 0. The first kappa shape index (κ1) is 79.1. The zero-order valence-electron chi connectivity index (χ0n) is 55.0. The van der Waals surface area contributed by atoms with Crippen molar-refractivity contribution in [3.63, 3.8) is 0 Å². The fraction of sp³-hybridized carbons (Fsp3) is 0.829. The lowest BCUT2D eigenvalue weighted by Gasteiger charge is -2.18. The molecule has 0 amide bonds. The summed E-state index contributed by atoms with van der Waals surface area (Å²) in [5, 5.41) is 0. The fourth-order valence-electron chi connectivity index (χ4n) is 10.8. The normalized spacial score (nSPS) is 12.4. The van der Waals surface area contributed by atoms with E-state index in [9.17, 15) is 14.4 Å². The summed E-state index contributed by atoms with van der Waals surface area (Å²) in [4.78, 5) is 38.4. The summed E-state index contributed by atoms with van der Waals surface area (Å²) in [5.74, 6) is -0.861. The van der Waals surface area contributed by atoms with Gasteiger partial charge in [0.05, 0.1) is 0 Å². The molecule has 0 aliphatic carbocycles. The summed E-state index contributed by atoms with van der Waals surface area (Å²) >= 11 is 0. The molecule has 0 aliphatic rings. The van der Waals surface area contributed by atoms with Crippen LogP contribution in [0.1, 0.15) is 387 Å². The van der Waals surface area contributed by atoms with Crippen LogP contribution in [0.15, 0.2) is 60.8 Å². The molecule has 6 heteroatoms. The molecule has 0 radical (unpaired) electrons. The van der Waals surface area contributed by atoms with Crippen molar-refractivity contribution in [2.24, 2.45) is 0 Å². The van der Waals surface area contributed by atoms with Crippen LogP contribution in [0.4, 0.5) is 0 Å². The van der Waals surface area contributed by atoms with Crippen molar-refractivity contribution >= 4 is 17.9 Å². The highest BCUT2D eigenvalue weighted by molar-refractivity contribution is 5.71. The highest BCUT2D eigenvalue weighted by Gasteiger charge is 2.19. The molecule has 0 aromatic heterocycles. The van der Waals surface area contributed by atoms with Crippen molar-refractivity contribution in [1.82, 2.24) is 0 Å². The largest absolute Gasteiger partial charge is 0.462 e. The topological polar surface area (TPSA) is 78.9 Å². The summed E-state index contributed by atoms with van der Waals surface area (Å²) in [6, 6.07) is 0. The van der Waals surface area contributed by atoms with Crippen molar-refractivity contribution in [2.75, 3.05) is 13.2 Å². The van der Waals surface area contributed by atoms with Gasteiger partial charge < -0.3 is 14.2 Å². The van der Waals surface area contributed by atoms with Gasteiger partial charge in [0.1, 0.15) is 13.2 Å². The second-order valence-electron chi connectivity index (χ2n) is 24.5. The first-order valence-electron chi connectivity index (χ1n) is 36.3. The van der Waals surface area contributed by atoms with Crippen molar-refractivity contribution in [3.05, 3.63) is 60.8 Å². The molecule has 0 spiro atoms. The maximum absolute atomic E-state index is 12.9. The van der Waals surface area contributed by atoms with E-state index in [0.717, 1.165) is 83.5 Å². The Labute approximate surface area is 510 Å². The Morgan fingerprint density at radius 2 is 0.439 bits per heavy atom. The average Bonchev–Trinajstić information content (AvgIpc) is 3.47. The molecule has 1 atom stereocenters. The Bertz CT molecular complexity index is 1460. The smallest absolute Gasteiger partial charge is 0.306 e. The monoisotopic (exact) mass is 1150 g/mol. The summed E-state index contributed by atoms with van der Waals surface area (Å²) in [6.07, 6.45) is 91.1. The van der Waals surface area contributed by atoms with Crippen LogP contribution in [0.5, 0.6) is 0 Å². The Morgan fingerprint density at radius 3 is 0.707 bits per heavy atom. The van der Waals surface area contributed by atoms with Gasteiger partial charge in [0.15, 0.2) is 6.10 Å². The third-order valence-electron chi connectivity index (χ3n) is 16.2. The Hall–Kier alpha value is -2.89. The molecule has 6 nitrogen and oxygen atoms in total. The molecule has 0 heterocycles. The molecule has 0 fully saturated rings. The highest BCUT2D eigenvalue weighted by Crippen LogP contribution is 2.18. The van der Waals surface area contributed by atoms with Crippen LogP contribution < -0.4 is 0 Å². The molecule has 82 heavy (non-hydrogen) atoms. The van der Waals surface area contributed by atoms with Crippen LogP contribution in [-0.2, 0) is 28.6 Å². The summed E-state index contributed by atoms with van der Waals surface area (Å²) in [7, 11) is 0. The zero-order chi connectivity index (χ0) is 59.2. The molecule has 0 aromatic carbocycles. The number of rotatable bonds is 67. The standard InChI is InChI=1S/C76H138O6/c1-4-7-10-13-16-19-22-25-28-30-32-33-34-35-36-37-38-39-40-41-42-43-45-46-48-51-54-57-60-63-66-69-75(78)81-72-73(71-80-74(77)68-65-62-59-56-53-50-27-24-21-18-15-12-9-6-3)82-76(79)70-67-64-61-58-55-52-49-47-44-31-29-26-23-20-17-14-11-8-5-2/h17,20,22,25-26,29-30,32,44,47,73H,4-16,18-19,21,23-24,27-28,31,33-43,45-46,48-72H2,1-3H3/b20-17-,25-22-,29-26-,32-30-,47-44-. The molecular formula is C76H138O6. The number of hydrogen-bond acceptors (Lipinski definition) is 6. The lowest BCUT2D eigenvalue weighted by Crippen LogP contribution is -2.30. The Morgan fingerprint density at radius 1 is 0.244 bits per heavy atom. The van der Waals surface area contributed by atoms with E-state index < -0.39 is 6.10 Å². The van der Waals surface area contributed by atoms with E-state index in [1.54, 1.807) is 0 Å². The number of esters is 3. The molecular weight excluding hydrogens is 1010 g/mol.